The summed E-state index contributed by atoms with van der Waals surface area (Å²) >= 11 is 1.18. The van der Waals surface area contributed by atoms with Crippen molar-refractivity contribution in [2.24, 2.45) is 11.7 Å². The van der Waals surface area contributed by atoms with Gasteiger partial charge in [0.05, 0.1) is 50.2 Å². The zero-order valence-electron chi connectivity index (χ0n) is 52.1. The Morgan fingerprint density at radius 1 is 0.740 bits per heavy atom. The number of aliphatic hydroxyl groups excluding tert-OH is 7. The van der Waals surface area contributed by atoms with Crippen molar-refractivity contribution in [3.63, 3.8) is 0 Å². The van der Waals surface area contributed by atoms with E-state index >= 15 is 0 Å². The number of rotatable bonds is 23. The average molecular weight is 1390 g/mol. The first-order chi connectivity index (χ1) is 45.4. The molecule has 14 unspecified atom stereocenters. The number of nitrogens with one attached hydrogen (secondary N) is 5. The molecule has 0 saturated carbocycles. The fourth-order valence-electron chi connectivity index (χ4n) is 10.9. The van der Waals surface area contributed by atoms with E-state index in [1.807, 2.05) is 54.6 Å². The molecule has 3 fully saturated rings. The molecule has 4 heterocycles. The Morgan fingerprint density at radius 2 is 1.34 bits per heavy atom. The van der Waals surface area contributed by atoms with Crippen LogP contribution in [-0.4, -0.2) is 214 Å². The number of nitrogens with two attached hydrogens (primary N) is 1. The van der Waals surface area contributed by atoms with E-state index in [4.69, 9.17) is 19.4 Å². The zero-order chi connectivity index (χ0) is 68.6. The fourth-order valence-corrected chi connectivity index (χ4v) is 12.0. The summed E-state index contributed by atoms with van der Waals surface area (Å²) in [5.74, 6) is -10.5. The number of para-hydroxylation sites is 1. The van der Waals surface area contributed by atoms with E-state index in [2.05, 4.69) is 46.2 Å². The van der Waals surface area contributed by atoms with Crippen molar-refractivity contribution in [2.45, 2.75) is 131 Å². The summed E-state index contributed by atoms with van der Waals surface area (Å²) in [6, 6.07) is 13.5. The van der Waals surface area contributed by atoms with Gasteiger partial charge in [0.15, 0.2) is 11.5 Å². The third-order valence-corrected chi connectivity index (χ3v) is 17.3. The first-order valence-corrected chi connectivity index (χ1v) is 31.5. The van der Waals surface area contributed by atoms with Crippen LogP contribution in [0.25, 0.3) is 21.1 Å². The fraction of sp³-hybridized carbons (Fsp3) is 0.443. The van der Waals surface area contributed by atoms with Crippen LogP contribution in [0.5, 0.6) is 23.0 Å². The minimum absolute atomic E-state index is 0. The van der Waals surface area contributed by atoms with Crippen molar-refractivity contribution < 1.29 is 137 Å². The Labute approximate surface area is 579 Å². The number of hydrogen-bond donors (Lipinski definition) is 14. The van der Waals surface area contributed by atoms with Gasteiger partial charge in [-0.15, -0.1) is 14.5 Å². The summed E-state index contributed by atoms with van der Waals surface area (Å²) in [5.41, 5.74) is 6.33. The summed E-state index contributed by atoms with van der Waals surface area (Å²) < 4.78 is 20.7. The van der Waals surface area contributed by atoms with Gasteiger partial charge >= 0.3 is 29.6 Å². The van der Waals surface area contributed by atoms with E-state index in [9.17, 15) is 84.5 Å². The molecule has 14 atom stereocenters. The number of amides is 8. The number of aliphatic hydroxyl groups is 7. The molecule has 3 aliphatic heterocycles. The van der Waals surface area contributed by atoms with Gasteiger partial charge in [0.2, 0.25) is 41.4 Å². The van der Waals surface area contributed by atoms with E-state index in [0.717, 1.165) is 65.5 Å². The molecule has 15 N–H and O–H groups in total. The molecule has 512 valence electrons. The molecular formula is C61H73N10NaO22S2. The normalized spacial score (nSPS) is 24.2. The number of phenolic OH excluding ortho intramolecular Hbond substituents is 1. The van der Waals surface area contributed by atoms with Crippen molar-refractivity contribution in [3.05, 3.63) is 108 Å². The zero-order valence-corrected chi connectivity index (χ0v) is 55.7. The molecule has 0 spiro atoms. The molecule has 0 radical (unpaired) electrons. The van der Waals surface area contributed by atoms with Gasteiger partial charge in [-0.25, -0.2) is 0 Å². The SMILES string of the molecule is CC(O)C1NC(=O)C(NC(=O)c2ccc(-c3nnc(-c4ccc(OCCCCCOc5ccccc5)cc4)s3)cc2)CC(O)CNC(=O)C2C(O)C(C)CN2C(=O)C(C(O)CC(N)=O)NC(=O)C(C(O)C(O)c2ccc(O)c(OSOO[O-])c2)NC(=O)C2CC(O)CN2C1=O.[Na+]. The summed E-state index contributed by atoms with van der Waals surface area (Å²) in [7, 11) is 0. The minimum Gasteiger partial charge on any atom is -0.691 e. The monoisotopic (exact) mass is 1380 g/mol. The Hall–Kier alpha value is -7.65. The van der Waals surface area contributed by atoms with Crippen molar-refractivity contribution in [2.75, 3.05) is 32.8 Å². The number of hydrogen-bond acceptors (Lipinski definition) is 26. The van der Waals surface area contributed by atoms with Gasteiger partial charge in [-0.1, -0.05) is 54.7 Å². The predicted molar refractivity (Wildman–Crippen MR) is 331 cm³/mol. The van der Waals surface area contributed by atoms with Gasteiger partial charge in [-0.05, 0) is 92.4 Å². The summed E-state index contributed by atoms with van der Waals surface area (Å²) in [6.45, 7) is 1.78. The van der Waals surface area contributed by atoms with Crippen LogP contribution in [0.3, 0.4) is 0 Å². The van der Waals surface area contributed by atoms with Gasteiger partial charge in [-0.3, -0.25) is 43.4 Å². The van der Waals surface area contributed by atoms with Crippen molar-refractivity contribution in [1.82, 2.24) is 46.6 Å². The maximum Gasteiger partial charge on any atom is 1.00 e. The quantitative estimate of drug-likeness (QED) is 0.00955. The minimum atomic E-state index is -2.54. The molecular weight excluding hydrogens is 1310 g/mol. The standard InChI is InChI=1S/C61H74N10O22S2.Na/c1-30-28-71-49(50(30)78)57(85)63-27-36(73)24-40(64-53(81)32-11-13-33(14-12-32)58-68-69-59(94-58)34-15-18-39(19-16-34)90-22-8-4-7-21-89-38-9-5-3-6-10-38)54(82)65-46(31(2)72)60(86)70-29-37(74)25-41(70)55(83)67-48(56(84)66-47(61(71)87)43(76)26-45(62)77)52(80)51(79)35-17-20-42(75)44(23-35)91-95-93-92-88;/h3,5-6,9-20,23,30-31,36-37,40-41,43,46-52,72-76,78-80,88H,4,7-8,21-22,24-29H2,1-2H3,(H2,62,77)(H,63,85)(H,64,81)(H,65,82)(H,66,84)(H,67,83);/q;+1/p-1. The van der Waals surface area contributed by atoms with Crippen molar-refractivity contribution >= 4 is 70.9 Å². The van der Waals surface area contributed by atoms with E-state index in [1.165, 1.54) is 30.4 Å². The van der Waals surface area contributed by atoms with Gasteiger partial charge in [0.25, 0.3) is 18.2 Å². The predicted octanol–water partition coefficient (Wildman–Crippen LogP) is -5.31. The third kappa shape index (κ3) is 19.8. The van der Waals surface area contributed by atoms with Gasteiger partial charge in [-0.2, -0.15) is 0 Å². The van der Waals surface area contributed by atoms with Gasteiger partial charge in [0, 0.05) is 55.1 Å². The molecule has 4 aromatic carbocycles. The number of fused-ring (bicyclic) bond motifs is 2. The molecule has 8 amide bonds. The molecule has 3 saturated heterocycles. The Kier molecular flexibility index (Phi) is 28.0. The van der Waals surface area contributed by atoms with Crippen LogP contribution >= 0.6 is 23.7 Å². The molecule has 35 heteroatoms. The molecule has 32 nitrogen and oxygen atoms in total. The van der Waals surface area contributed by atoms with E-state index in [-0.39, 0.29) is 53.0 Å². The maximum absolute atomic E-state index is 14.7. The number of ether oxygens (including phenoxy) is 2. The second-order valence-electron chi connectivity index (χ2n) is 22.9. The number of primary amides is 1. The number of unbranched alkanes of at least 4 members (excludes halogenated alkanes) is 2. The van der Waals surface area contributed by atoms with Gasteiger partial charge in [0.1, 0.15) is 70.0 Å². The molecule has 1 aromatic heterocycles. The van der Waals surface area contributed by atoms with E-state index < -0.39 is 183 Å². The van der Waals surface area contributed by atoms with Crippen LogP contribution < -0.4 is 80.8 Å². The van der Waals surface area contributed by atoms with Gasteiger partial charge < -0.3 is 102 Å². The number of aromatic nitrogens is 2. The van der Waals surface area contributed by atoms with Crippen LogP contribution in [-0.2, 0) is 42.9 Å². The molecule has 0 bridgehead atoms. The number of nitrogens with zero attached hydrogens (tertiary/aromatic N) is 4. The number of aromatic hydroxyl groups is 1. The third-order valence-electron chi connectivity index (χ3n) is 15.9. The molecule has 8 rings (SSSR count). The van der Waals surface area contributed by atoms with Crippen molar-refractivity contribution in [1.29, 1.82) is 0 Å². The summed E-state index contributed by atoms with van der Waals surface area (Å²) in [6.07, 6.45) is -13.6. The number of β-amino-alcohol motifs (C(OH)–C–C–N with tert-alkyl or cyclic N) is 1. The second kappa shape index (κ2) is 35.6. The van der Waals surface area contributed by atoms with Crippen LogP contribution in [0.15, 0.2) is 97.1 Å². The number of phenols is 1. The molecule has 96 heavy (non-hydrogen) atoms. The summed E-state index contributed by atoms with van der Waals surface area (Å²) in [4.78, 5) is 115. The Bertz CT molecular complexity index is 3480. The van der Waals surface area contributed by atoms with Crippen LogP contribution in [0.2, 0.25) is 0 Å². The Balaban J connectivity index is 0.0000130. The van der Waals surface area contributed by atoms with E-state index in [1.54, 1.807) is 12.1 Å². The van der Waals surface area contributed by atoms with Crippen LogP contribution in [0.4, 0.5) is 0 Å². The summed E-state index contributed by atoms with van der Waals surface area (Å²) in [5, 5.41) is 125. The van der Waals surface area contributed by atoms with E-state index in [0.29, 0.717) is 34.5 Å². The van der Waals surface area contributed by atoms with Crippen LogP contribution in [0, 0.1) is 5.92 Å². The van der Waals surface area contributed by atoms with Crippen LogP contribution in [0.1, 0.15) is 74.4 Å². The number of carbonyl (C=O) groups is 8. The first-order valence-electron chi connectivity index (χ1n) is 30.1. The molecule has 5 aromatic rings. The maximum atomic E-state index is 14.7. The largest absolute Gasteiger partial charge is 1.00 e. The van der Waals surface area contributed by atoms with Crippen molar-refractivity contribution in [3.8, 4) is 44.1 Å². The smallest absolute Gasteiger partial charge is 0.691 e. The second-order valence-corrected chi connectivity index (χ2v) is 24.3. The Morgan fingerprint density at radius 3 is 1.97 bits per heavy atom. The number of carbonyl (C=O) groups excluding carboxylic acids is 8. The number of benzene rings is 4. The first kappa shape index (κ1) is 75.7. The average Bonchev–Trinajstić information content (AvgIpc) is 1.58. The molecule has 0 aliphatic carbocycles. The molecule has 3 aliphatic rings. The topological polar surface area (TPSA) is 486 Å².